The van der Waals surface area contributed by atoms with Crippen molar-refractivity contribution in [3.63, 3.8) is 0 Å². The Hall–Kier alpha value is -2.30. The summed E-state index contributed by atoms with van der Waals surface area (Å²) in [6, 6.07) is 7.58. The zero-order valence-electron chi connectivity index (χ0n) is 12.1. The van der Waals surface area contributed by atoms with Crippen molar-refractivity contribution in [2.45, 2.75) is 13.5 Å². The lowest BCUT2D eigenvalue weighted by molar-refractivity contribution is 0.0786. The summed E-state index contributed by atoms with van der Waals surface area (Å²) >= 11 is 0. The minimum Gasteiger partial charge on any atom is -0.385 e. The third-order valence-corrected chi connectivity index (χ3v) is 3.05. The van der Waals surface area contributed by atoms with E-state index < -0.39 is 0 Å². The maximum atomic E-state index is 12.5. The first-order chi connectivity index (χ1) is 9.61. The molecule has 0 saturated carbocycles. The van der Waals surface area contributed by atoms with Gasteiger partial charge in [-0.15, -0.1) is 0 Å². The molecule has 1 aromatic carbocycles. The minimum absolute atomic E-state index is 0.00500. The Kier molecular flexibility index (Phi) is 4.40. The lowest BCUT2D eigenvalue weighted by Crippen LogP contribution is -2.26. The summed E-state index contributed by atoms with van der Waals surface area (Å²) in [5, 5.41) is 7.33. The van der Waals surface area contributed by atoms with Crippen LogP contribution in [0.1, 0.15) is 22.8 Å². The smallest absolute Gasteiger partial charge is 0.255 e. The summed E-state index contributed by atoms with van der Waals surface area (Å²) in [6.45, 7) is 3.35. The molecular formula is C15H20N4O. The van der Waals surface area contributed by atoms with Crippen LogP contribution in [0.25, 0.3) is 0 Å². The first-order valence-corrected chi connectivity index (χ1v) is 6.67. The predicted molar refractivity (Wildman–Crippen MR) is 79.6 cm³/mol. The van der Waals surface area contributed by atoms with Gasteiger partial charge in [-0.1, -0.05) is 12.1 Å². The second kappa shape index (κ2) is 6.23. The summed E-state index contributed by atoms with van der Waals surface area (Å²) in [7, 11) is 3.67. The van der Waals surface area contributed by atoms with Crippen LogP contribution >= 0.6 is 0 Å². The lowest BCUT2D eigenvalue weighted by atomic mass is 10.1. The van der Waals surface area contributed by atoms with Crippen molar-refractivity contribution < 1.29 is 4.79 Å². The number of para-hydroxylation sites is 1. The normalized spacial score (nSPS) is 10.3. The molecule has 5 heteroatoms. The molecule has 1 amide bonds. The van der Waals surface area contributed by atoms with E-state index in [4.69, 9.17) is 0 Å². The number of hydrogen-bond donors (Lipinski definition) is 1. The molecule has 0 aliphatic carbocycles. The van der Waals surface area contributed by atoms with E-state index in [1.54, 1.807) is 22.8 Å². The standard InChI is InChI=1S/C15H20N4O/c1-4-16-14-8-6-5-7-13(14)15(20)18(2)10-12-9-17-19(3)11-12/h5-9,11,16H,4,10H2,1-3H3. The number of hydrogen-bond acceptors (Lipinski definition) is 3. The first kappa shape index (κ1) is 14.1. The van der Waals surface area contributed by atoms with Crippen LogP contribution < -0.4 is 5.32 Å². The summed E-state index contributed by atoms with van der Waals surface area (Å²) < 4.78 is 1.74. The maximum absolute atomic E-state index is 12.5. The number of carbonyl (C=O) groups is 1. The largest absolute Gasteiger partial charge is 0.385 e. The fraction of sp³-hybridized carbons (Fsp3) is 0.333. The van der Waals surface area contributed by atoms with Gasteiger partial charge in [-0.3, -0.25) is 9.48 Å². The van der Waals surface area contributed by atoms with Gasteiger partial charge in [-0.2, -0.15) is 5.10 Å². The van der Waals surface area contributed by atoms with Gasteiger partial charge in [0, 0.05) is 44.6 Å². The van der Waals surface area contributed by atoms with Gasteiger partial charge in [-0.25, -0.2) is 0 Å². The number of nitrogens with one attached hydrogen (secondary N) is 1. The predicted octanol–water partition coefficient (Wildman–Crippen LogP) is 2.12. The molecule has 0 radical (unpaired) electrons. The molecule has 0 fully saturated rings. The second-order valence-electron chi connectivity index (χ2n) is 4.76. The Bertz CT molecular complexity index is 591. The molecule has 2 rings (SSSR count). The van der Waals surface area contributed by atoms with Gasteiger partial charge in [0.1, 0.15) is 0 Å². The molecule has 0 spiro atoms. The van der Waals surface area contributed by atoms with Crippen LogP contribution in [-0.4, -0.2) is 34.2 Å². The average molecular weight is 272 g/mol. The van der Waals surface area contributed by atoms with E-state index in [0.717, 1.165) is 17.8 Å². The Morgan fingerprint density at radius 2 is 2.15 bits per heavy atom. The van der Waals surface area contributed by atoms with Crippen molar-refractivity contribution in [3.8, 4) is 0 Å². The SMILES string of the molecule is CCNc1ccccc1C(=O)N(C)Cc1cnn(C)c1. The van der Waals surface area contributed by atoms with Gasteiger partial charge in [0.05, 0.1) is 11.8 Å². The van der Waals surface area contributed by atoms with Crippen molar-refractivity contribution >= 4 is 11.6 Å². The average Bonchev–Trinajstić information content (AvgIpc) is 2.84. The highest BCUT2D eigenvalue weighted by atomic mass is 16.2. The van der Waals surface area contributed by atoms with E-state index in [1.165, 1.54) is 0 Å². The van der Waals surface area contributed by atoms with Crippen LogP contribution in [0, 0.1) is 0 Å². The molecule has 0 unspecified atom stereocenters. The molecule has 0 bridgehead atoms. The van der Waals surface area contributed by atoms with Crippen molar-refractivity contribution in [2.24, 2.45) is 7.05 Å². The molecular weight excluding hydrogens is 252 g/mol. The molecule has 2 aromatic rings. The molecule has 0 aliphatic heterocycles. The number of anilines is 1. The highest BCUT2D eigenvalue weighted by Gasteiger charge is 2.15. The Morgan fingerprint density at radius 1 is 1.40 bits per heavy atom. The summed E-state index contributed by atoms with van der Waals surface area (Å²) in [5.74, 6) is 0.00500. The highest BCUT2D eigenvalue weighted by molar-refractivity contribution is 5.99. The quantitative estimate of drug-likeness (QED) is 0.907. The molecule has 0 aliphatic rings. The van der Waals surface area contributed by atoms with Crippen LogP contribution in [0.3, 0.4) is 0 Å². The molecule has 106 valence electrons. The number of rotatable bonds is 5. The number of amides is 1. The van der Waals surface area contributed by atoms with E-state index in [2.05, 4.69) is 10.4 Å². The van der Waals surface area contributed by atoms with E-state index in [9.17, 15) is 4.79 Å². The molecule has 0 saturated heterocycles. The molecule has 0 atom stereocenters. The number of benzene rings is 1. The van der Waals surface area contributed by atoms with Crippen LogP contribution in [0.4, 0.5) is 5.69 Å². The first-order valence-electron chi connectivity index (χ1n) is 6.67. The van der Waals surface area contributed by atoms with E-state index in [0.29, 0.717) is 12.1 Å². The van der Waals surface area contributed by atoms with Crippen LogP contribution in [0.5, 0.6) is 0 Å². The van der Waals surface area contributed by atoms with E-state index in [-0.39, 0.29) is 5.91 Å². The van der Waals surface area contributed by atoms with Gasteiger partial charge in [0.25, 0.3) is 5.91 Å². The molecule has 1 N–H and O–H groups in total. The zero-order chi connectivity index (χ0) is 14.5. The number of aryl methyl sites for hydroxylation is 1. The zero-order valence-corrected chi connectivity index (χ0v) is 12.1. The van der Waals surface area contributed by atoms with Crippen LogP contribution in [-0.2, 0) is 13.6 Å². The second-order valence-corrected chi connectivity index (χ2v) is 4.76. The van der Waals surface area contributed by atoms with Crippen molar-refractivity contribution in [2.75, 3.05) is 18.9 Å². The van der Waals surface area contributed by atoms with Gasteiger partial charge in [0.2, 0.25) is 0 Å². The van der Waals surface area contributed by atoms with Gasteiger partial charge in [-0.05, 0) is 19.1 Å². The van der Waals surface area contributed by atoms with Crippen molar-refractivity contribution in [1.29, 1.82) is 0 Å². The third-order valence-electron chi connectivity index (χ3n) is 3.05. The molecule has 1 heterocycles. The van der Waals surface area contributed by atoms with Gasteiger partial charge in [0.15, 0.2) is 0 Å². The summed E-state index contributed by atoms with van der Waals surface area (Å²) in [5.41, 5.74) is 2.59. The topological polar surface area (TPSA) is 50.2 Å². The molecule has 1 aromatic heterocycles. The monoisotopic (exact) mass is 272 g/mol. The maximum Gasteiger partial charge on any atom is 0.255 e. The molecule has 5 nitrogen and oxygen atoms in total. The van der Waals surface area contributed by atoms with E-state index in [1.807, 2.05) is 44.4 Å². The highest BCUT2D eigenvalue weighted by Crippen LogP contribution is 2.17. The van der Waals surface area contributed by atoms with Crippen molar-refractivity contribution in [1.82, 2.24) is 14.7 Å². The number of aromatic nitrogens is 2. The Balaban J connectivity index is 2.14. The van der Waals surface area contributed by atoms with E-state index >= 15 is 0 Å². The fourth-order valence-electron chi connectivity index (χ4n) is 2.12. The van der Waals surface area contributed by atoms with Crippen LogP contribution in [0.15, 0.2) is 36.7 Å². The fourth-order valence-corrected chi connectivity index (χ4v) is 2.12. The summed E-state index contributed by atoms with van der Waals surface area (Å²) in [6.07, 6.45) is 3.69. The van der Waals surface area contributed by atoms with Crippen LogP contribution in [0.2, 0.25) is 0 Å². The summed E-state index contributed by atoms with van der Waals surface area (Å²) in [4.78, 5) is 14.2. The third kappa shape index (κ3) is 3.17. The number of carbonyl (C=O) groups excluding carboxylic acids is 1. The minimum atomic E-state index is 0.00500. The van der Waals surface area contributed by atoms with Gasteiger partial charge < -0.3 is 10.2 Å². The number of nitrogens with zero attached hydrogens (tertiary/aromatic N) is 3. The van der Waals surface area contributed by atoms with Crippen molar-refractivity contribution in [3.05, 3.63) is 47.8 Å². The Labute approximate surface area is 119 Å². The lowest BCUT2D eigenvalue weighted by Gasteiger charge is -2.18. The molecule has 20 heavy (non-hydrogen) atoms. The Morgan fingerprint density at radius 3 is 2.80 bits per heavy atom. The van der Waals surface area contributed by atoms with Gasteiger partial charge >= 0.3 is 0 Å².